The average molecular weight is 737 g/mol. The molecule has 286 valence electrons. The van der Waals surface area contributed by atoms with Gasteiger partial charge in [-0.05, 0) is 85.2 Å². The number of ether oxygens (including phenoxy) is 5. The molecule has 3 aliphatic rings. The number of fused-ring (bicyclic) bond motifs is 1. The Bertz CT molecular complexity index is 1460. The molecule has 0 aliphatic carbocycles. The molecule has 0 radical (unpaired) electrons. The summed E-state index contributed by atoms with van der Waals surface area (Å²) in [6.07, 6.45) is -4.52. The number of Topliss-reactive ketones (excluding diaryl/α,β-unsaturated/α-hetero) is 2. The van der Waals surface area contributed by atoms with Gasteiger partial charge in [0, 0.05) is 35.9 Å². The van der Waals surface area contributed by atoms with Crippen LogP contribution in [0.5, 0.6) is 0 Å². The van der Waals surface area contributed by atoms with Crippen LogP contribution in [0.2, 0.25) is 5.02 Å². The van der Waals surface area contributed by atoms with Gasteiger partial charge in [0.2, 0.25) is 0 Å². The Morgan fingerprint density at radius 1 is 1.06 bits per heavy atom. The second-order valence-corrected chi connectivity index (χ2v) is 16.2. The van der Waals surface area contributed by atoms with Gasteiger partial charge in [-0.3, -0.25) is 14.4 Å². The number of nitrogens with one attached hydrogen (secondary N) is 1. The van der Waals surface area contributed by atoms with Crippen molar-refractivity contribution in [1.82, 2.24) is 10.2 Å². The molecule has 3 heterocycles. The third-order valence-electron chi connectivity index (χ3n) is 11.5. The Labute approximate surface area is 307 Å². The minimum Gasteiger partial charge on any atom is -0.457 e. The molecule has 3 aliphatic heterocycles. The number of cyclic esters (lactones) is 1. The van der Waals surface area contributed by atoms with Crippen LogP contribution in [0, 0.1) is 23.2 Å². The van der Waals surface area contributed by atoms with E-state index >= 15 is 4.79 Å². The van der Waals surface area contributed by atoms with Crippen LogP contribution in [-0.4, -0.2) is 109 Å². The van der Waals surface area contributed by atoms with Crippen molar-refractivity contribution in [2.24, 2.45) is 23.2 Å². The Morgan fingerprint density at radius 2 is 1.73 bits per heavy atom. The standard InChI is InChI=1S/C38H57ClN2O10/c1-12-27-38(8)30(40-35(46)51-38)22(4)28(42)20(2)18-37(7,47-11)32(50-33-29(43)26(41(9)10)16-21(3)48-33)23(5)31(44)36(6,34(45)49-27)19-24-14-13-15-25(39)17-24/h13-15,17,20-23,26-27,29-30,32-33,43H,12,16,18-19H2,1-11H3,(H,40,46)/t20-,21-,22-,23+,26+,27+,29-,30?,32-,33?,36?,37+,38?/m1/s1. The number of benzene rings is 1. The number of halogens is 1. The summed E-state index contributed by atoms with van der Waals surface area (Å²) < 4.78 is 31.1. The summed E-state index contributed by atoms with van der Waals surface area (Å²) in [5.41, 5.74) is -3.89. The summed E-state index contributed by atoms with van der Waals surface area (Å²) in [6, 6.07) is 5.77. The lowest BCUT2D eigenvalue weighted by Crippen LogP contribution is -2.61. The minimum atomic E-state index is -1.79. The first-order chi connectivity index (χ1) is 23.7. The van der Waals surface area contributed by atoms with Gasteiger partial charge >= 0.3 is 12.1 Å². The molecule has 0 bridgehead atoms. The molecule has 13 atom stereocenters. The predicted octanol–water partition coefficient (Wildman–Crippen LogP) is 4.74. The summed E-state index contributed by atoms with van der Waals surface area (Å²) in [7, 11) is 5.21. The van der Waals surface area contributed by atoms with Crippen molar-refractivity contribution < 1.29 is 48.0 Å². The van der Waals surface area contributed by atoms with E-state index in [1.165, 1.54) is 7.11 Å². The first kappa shape index (κ1) is 41.2. The highest BCUT2D eigenvalue weighted by Crippen LogP contribution is 2.42. The van der Waals surface area contributed by atoms with Gasteiger partial charge in [0.05, 0.1) is 23.9 Å². The second-order valence-electron chi connectivity index (χ2n) is 15.7. The van der Waals surface area contributed by atoms with Crippen molar-refractivity contribution in [2.45, 2.75) is 135 Å². The van der Waals surface area contributed by atoms with E-state index < -0.39 is 82.9 Å². The van der Waals surface area contributed by atoms with E-state index in [2.05, 4.69) is 5.32 Å². The molecule has 0 aromatic heterocycles. The number of carbonyl (C=O) groups is 4. The van der Waals surface area contributed by atoms with Crippen molar-refractivity contribution in [3.63, 3.8) is 0 Å². The number of hydrogen-bond acceptors (Lipinski definition) is 11. The number of aliphatic hydroxyl groups is 1. The molecule has 3 fully saturated rings. The number of ketones is 2. The number of esters is 1. The normalized spacial score (nSPS) is 41.4. The summed E-state index contributed by atoms with van der Waals surface area (Å²) in [5, 5.41) is 14.7. The lowest BCUT2D eigenvalue weighted by molar-refractivity contribution is -0.295. The molecule has 12 nitrogen and oxygen atoms in total. The number of nitrogens with zero attached hydrogens (tertiary/aromatic N) is 1. The molecule has 0 saturated carbocycles. The summed E-state index contributed by atoms with van der Waals surface area (Å²) >= 11 is 6.35. The van der Waals surface area contributed by atoms with E-state index in [0.29, 0.717) is 17.0 Å². The molecule has 0 spiro atoms. The number of alkyl carbamates (subject to hydrolysis) is 1. The second kappa shape index (κ2) is 15.8. The number of amides is 1. The molecule has 2 N–H and O–H groups in total. The van der Waals surface area contributed by atoms with Crippen LogP contribution in [0.4, 0.5) is 4.79 Å². The monoisotopic (exact) mass is 736 g/mol. The van der Waals surface area contributed by atoms with Gasteiger partial charge in [-0.1, -0.05) is 51.4 Å². The Morgan fingerprint density at radius 3 is 2.31 bits per heavy atom. The quantitative estimate of drug-likeness (QED) is 0.295. The number of methoxy groups -OCH3 is 1. The topological polar surface area (TPSA) is 150 Å². The first-order valence-electron chi connectivity index (χ1n) is 18.0. The van der Waals surface area contributed by atoms with Gasteiger partial charge in [0.25, 0.3) is 0 Å². The van der Waals surface area contributed by atoms with Crippen LogP contribution < -0.4 is 5.32 Å². The SMILES string of the molecule is CC[C@@H]1OC(=O)C(C)(Cc2cccc(Cl)c2)C(=O)[C@H](C)[C@@H](OC2O[C@H](C)C[C@H](N(C)C)[C@H]2O)[C@@](C)(OC)C[C@@H](C)C(=O)[C@@H](C)C2NC(=O)OC21C. The van der Waals surface area contributed by atoms with E-state index in [4.69, 9.17) is 35.3 Å². The maximum atomic E-state index is 15.1. The summed E-state index contributed by atoms with van der Waals surface area (Å²) in [5.74, 6) is -3.96. The van der Waals surface area contributed by atoms with Crippen LogP contribution in [0.1, 0.15) is 80.2 Å². The maximum Gasteiger partial charge on any atom is 0.408 e. The van der Waals surface area contributed by atoms with Gasteiger partial charge in [-0.25, -0.2) is 4.79 Å². The zero-order chi connectivity index (χ0) is 38.2. The zero-order valence-corrected chi connectivity index (χ0v) is 32.6. The average Bonchev–Trinajstić information content (AvgIpc) is 3.39. The van der Waals surface area contributed by atoms with Crippen molar-refractivity contribution in [1.29, 1.82) is 0 Å². The highest BCUT2D eigenvalue weighted by atomic mass is 35.5. The van der Waals surface area contributed by atoms with Crippen molar-refractivity contribution >= 4 is 35.2 Å². The lowest BCUT2D eigenvalue weighted by atomic mass is 9.69. The number of rotatable bonds is 7. The fourth-order valence-corrected chi connectivity index (χ4v) is 8.71. The van der Waals surface area contributed by atoms with Crippen LogP contribution in [0.3, 0.4) is 0 Å². The van der Waals surface area contributed by atoms with E-state index in [9.17, 15) is 19.5 Å². The van der Waals surface area contributed by atoms with E-state index in [-0.39, 0.29) is 37.2 Å². The largest absolute Gasteiger partial charge is 0.457 e. The van der Waals surface area contributed by atoms with Crippen LogP contribution in [0.25, 0.3) is 0 Å². The highest BCUT2D eigenvalue weighted by Gasteiger charge is 2.59. The highest BCUT2D eigenvalue weighted by molar-refractivity contribution is 6.30. The fraction of sp³-hybridized carbons (Fsp3) is 0.737. The number of carbonyl (C=O) groups excluding carboxylic acids is 4. The first-order valence-corrected chi connectivity index (χ1v) is 18.3. The molecule has 51 heavy (non-hydrogen) atoms. The van der Waals surface area contributed by atoms with Gasteiger partial charge in [0.1, 0.15) is 23.4 Å². The Hall–Kier alpha value is -2.61. The molecular weight excluding hydrogens is 680 g/mol. The van der Waals surface area contributed by atoms with Crippen molar-refractivity contribution in [3.05, 3.63) is 34.9 Å². The number of hydrogen-bond donors (Lipinski definition) is 2. The van der Waals surface area contributed by atoms with Crippen molar-refractivity contribution in [3.8, 4) is 0 Å². The van der Waals surface area contributed by atoms with Crippen molar-refractivity contribution in [2.75, 3.05) is 21.2 Å². The van der Waals surface area contributed by atoms with Crippen LogP contribution in [0.15, 0.2) is 24.3 Å². The smallest absolute Gasteiger partial charge is 0.408 e. The van der Waals surface area contributed by atoms with Crippen LogP contribution in [-0.2, 0) is 44.5 Å². The molecule has 1 amide bonds. The molecule has 1 aromatic rings. The Kier molecular flexibility index (Phi) is 12.7. The number of aliphatic hydroxyl groups excluding tert-OH is 1. The van der Waals surface area contributed by atoms with E-state index in [0.717, 1.165) is 0 Å². The fourth-order valence-electron chi connectivity index (χ4n) is 8.50. The summed E-state index contributed by atoms with van der Waals surface area (Å²) in [6.45, 7) is 13.8. The lowest BCUT2D eigenvalue weighted by Gasteiger charge is -2.47. The zero-order valence-electron chi connectivity index (χ0n) is 31.9. The summed E-state index contributed by atoms with van der Waals surface area (Å²) in [4.78, 5) is 58.6. The molecule has 4 rings (SSSR count). The third kappa shape index (κ3) is 8.16. The van der Waals surface area contributed by atoms with Gasteiger partial charge < -0.3 is 39.0 Å². The van der Waals surface area contributed by atoms with E-state index in [1.807, 2.05) is 25.9 Å². The number of likely N-dealkylation sites (N-methyl/N-ethyl adjacent to an activating group) is 1. The predicted molar refractivity (Wildman–Crippen MR) is 190 cm³/mol. The minimum absolute atomic E-state index is 0.0613. The van der Waals surface area contributed by atoms with Gasteiger partial charge in [-0.2, -0.15) is 0 Å². The Balaban J connectivity index is 1.90. The van der Waals surface area contributed by atoms with Crippen LogP contribution >= 0.6 is 11.6 Å². The molecular formula is C38H57ClN2O10. The maximum absolute atomic E-state index is 15.1. The third-order valence-corrected chi connectivity index (χ3v) is 11.8. The molecule has 1 aromatic carbocycles. The molecule has 13 heteroatoms. The van der Waals surface area contributed by atoms with Gasteiger partial charge in [-0.15, -0.1) is 0 Å². The molecule has 4 unspecified atom stereocenters. The molecule has 3 saturated heterocycles. The van der Waals surface area contributed by atoms with E-state index in [1.54, 1.807) is 72.7 Å². The van der Waals surface area contributed by atoms with Gasteiger partial charge in [0.15, 0.2) is 17.7 Å².